The van der Waals surface area contributed by atoms with Crippen molar-refractivity contribution in [3.63, 3.8) is 0 Å². The van der Waals surface area contributed by atoms with Crippen LogP contribution in [0.2, 0.25) is 0 Å². The van der Waals surface area contributed by atoms with Crippen molar-refractivity contribution in [1.82, 2.24) is 5.32 Å². The van der Waals surface area contributed by atoms with Crippen molar-refractivity contribution in [3.8, 4) is 5.75 Å². The first kappa shape index (κ1) is 14.6. The van der Waals surface area contributed by atoms with Crippen molar-refractivity contribution in [2.24, 2.45) is 0 Å². The number of benzene rings is 1. The number of hydrogen-bond acceptors (Lipinski definition) is 2. The third-order valence-electron chi connectivity index (χ3n) is 2.07. The molecule has 0 aliphatic rings. The number of hydrogen-bond donors (Lipinski definition) is 1. The standard InChI is InChI=1S/C13H16F3NO/c1-10(2)17-9-3-4-11-5-7-12(8-6-11)18-13(14,15)16/h3-8,10,17H,9H2,1-2H3. The maximum absolute atomic E-state index is 11.9. The number of nitrogens with one attached hydrogen (secondary N) is 1. The van der Waals surface area contributed by atoms with Gasteiger partial charge in [0.2, 0.25) is 0 Å². The molecule has 0 radical (unpaired) electrons. The highest BCUT2D eigenvalue weighted by Crippen LogP contribution is 2.22. The maximum atomic E-state index is 11.9. The normalized spacial score (nSPS) is 12.3. The molecule has 0 saturated heterocycles. The van der Waals surface area contributed by atoms with Crippen LogP contribution in [0.3, 0.4) is 0 Å². The Labute approximate surface area is 104 Å². The number of alkyl halides is 3. The van der Waals surface area contributed by atoms with E-state index in [1.807, 2.05) is 26.0 Å². The molecule has 1 rings (SSSR count). The van der Waals surface area contributed by atoms with Crippen LogP contribution in [0.4, 0.5) is 13.2 Å². The summed E-state index contributed by atoms with van der Waals surface area (Å²) in [6.45, 7) is 4.80. The monoisotopic (exact) mass is 259 g/mol. The van der Waals surface area contributed by atoms with Gasteiger partial charge in [0.15, 0.2) is 0 Å². The Balaban J connectivity index is 2.50. The lowest BCUT2D eigenvalue weighted by Crippen LogP contribution is -2.22. The second-order valence-corrected chi connectivity index (χ2v) is 4.08. The summed E-state index contributed by atoms with van der Waals surface area (Å²) in [7, 11) is 0. The molecule has 1 aromatic carbocycles. The van der Waals surface area contributed by atoms with Gasteiger partial charge in [-0.2, -0.15) is 0 Å². The molecule has 0 heterocycles. The fourth-order valence-corrected chi connectivity index (χ4v) is 1.28. The summed E-state index contributed by atoms with van der Waals surface area (Å²) in [5.74, 6) is -0.208. The van der Waals surface area contributed by atoms with E-state index in [4.69, 9.17) is 0 Å². The van der Waals surface area contributed by atoms with E-state index >= 15 is 0 Å². The summed E-state index contributed by atoms with van der Waals surface area (Å²) in [6.07, 6.45) is -0.884. The van der Waals surface area contributed by atoms with Crippen LogP contribution >= 0.6 is 0 Å². The Morgan fingerprint density at radius 3 is 2.33 bits per heavy atom. The lowest BCUT2D eigenvalue weighted by molar-refractivity contribution is -0.274. The van der Waals surface area contributed by atoms with Crippen LogP contribution in [0.1, 0.15) is 19.4 Å². The van der Waals surface area contributed by atoms with Gasteiger partial charge in [-0.1, -0.05) is 38.1 Å². The topological polar surface area (TPSA) is 21.3 Å². The van der Waals surface area contributed by atoms with E-state index in [2.05, 4.69) is 10.1 Å². The summed E-state index contributed by atoms with van der Waals surface area (Å²) < 4.78 is 39.5. The molecule has 0 amide bonds. The highest BCUT2D eigenvalue weighted by molar-refractivity contribution is 5.50. The molecular formula is C13H16F3NO. The molecule has 0 saturated carbocycles. The Bertz CT molecular complexity index is 382. The molecule has 1 N–H and O–H groups in total. The number of rotatable bonds is 5. The van der Waals surface area contributed by atoms with Gasteiger partial charge in [0, 0.05) is 12.6 Å². The molecule has 5 heteroatoms. The maximum Gasteiger partial charge on any atom is 0.573 e. The minimum absolute atomic E-state index is 0.208. The zero-order valence-electron chi connectivity index (χ0n) is 10.3. The molecule has 0 unspecified atom stereocenters. The van der Waals surface area contributed by atoms with Gasteiger partial charge in [-0.25, -0.2) is 0 Å². The largest absolute Gasteiger partial charge is 0.573 e. The SMILES string of the molecule is CC(C)NCC=Cc1ccc(OC(F)(F)F)cc1. The molecule has 0 aliphatic carbocycles. The highest BCUT2D eigenvalue weighted by atomic mass is 19.4. The van der Waals surface area contributed by atoms with Crippen LogP contribution in [0.25, 0.3) is 6.08 Å². The lowest BCUT2D eigenvalue weighted by Gasteiger charge is -2.08. The van der Waals surface area contributed by atoms with E-state index in [1.54, 1.807) is 12.1 Å². The van der Waals surface area contributed by atoms with Crippen molar-refractivity contribution >= 4 is 6.08 Å². The molecule has 0 atom stereocenters. The molecule has 0 aliphatic heterocycles. The van der Waals surface area contributed by atoms with Crippen LogP contribution in [0.15, 0.2) is 30.3 Å². The smallest absolute Gasteiger partial charge is 0.406 e. The Morgan fingerprint density at radius 1 is 1.22 bits per heavy atom. The van der Waals surface area contributed by atoms with Gasteiger partial charge < -0.3 is 10.1 Å². The molecule has 0 bridgehead atoms. The summed E-state index contributed by atoms with van der Waals surface area (Å²) in [6, 6.07) is 6.14. The van der Waals surface area contributed by atoms with Crippen LogP contribution in [0.5, 0.6) is 5.75 Å². The van der Waals surface area contributed by atoms with Crippen molar-refractivity contribution in [3.05, 3.63) is 35.9 Å². The minimum atomic E-state index is -4.64. The van der Waals surface area contributed by atoms with Gasteiger partial charge in [-0.15, -0.1) is 13.2 Å². The van der Waals surface area contributed by atoms with Gasteiger partial charge in [-0.05, 0) is 17.7 Å². The fourth-order valence-electron chi connectivity index (χ4n) is 1.28. The van der Waals surface area contributed by atoms with Gasteiger partial charge >= 0.3 is 6.36 Å². The van der Waals surface area contributed by atoms with E-state index in [-0.39, 0.29) is 5.75 Å². The second-order valence-electron chi connectivity index (χ2n) is 4.08. The molecule has 18 heavy (non-hydrogen) atoms. The molecular weight excluding hydrogens is 243 g/mol. The Morgan fingerprint density at radius 2 is 1.83 bits per heavy atom. The van der Waals surface area contributed by atoms with E-state index in [9.17, 15) is 13.2 Å². The number of halogens is 3. The van der Waals surface area contributed by atoms with Crippen LogP contribution in [0, 0.1) is 0 Å². The molecule has 0 fully saturated rings. The Kier molecular flexibility index (Phi) is 5.22. The van der Waals surface area contributed by atoms with Crippen molar-refractivity contribution in [2.45, 2.75) is 26.3 Å². The molecule has 2 nitrogen and oxygen atoms in total. The first-order valence-electron chi connectivity index (χ1n) is 5.62. The predicted octanol–water partition coefficient (Wildman–Crippen LogP) is 3.60. The highest BCUT2D eigenvalue weighted by Gasteiger charge is 2.30. The molecule has 1 aromatic rings. The summed E-state index contributed by atoms with van der Waals surface area (Å²) in [4.78, 5) is 0. The van der Waals surface area contributed by atoms with Gasteiger partial charge in [0.1, 0.15) is 5.75 Å². The second kappa shape index (κ2) is 6.44. The fraction of sp³-hybridized carbons (Fsp3) is 0.385. The lowest BCUT2D eigenvalue weighted by atomic mass is 10.2. The van der Waals surface area contributed by atoms with Crippen molar-refractivity contribution in [1.29, 1.82) is 0 Å². The first-order valence-corrected chi connectivity index (χ1v) is 5.62. The molecule has 100 valence electrons. The van der Waals surface area contributed by atoms with Crippen LogP contribution in [-0.4, -0.2) is 18.9 Å². The van der Waals surface area contributed by atoms with E-state index in [1.165, 1.54) is 12.1 Å². The van der Waals surface area contributed by atoms with Crippen LogP contribution < -0.4 is 10.1 Å². The quantitative estimate of drug-likeness (QED) is 0.872. The average molecular weight is 259 g/mol. The van der Waals surface area contributed by atoms with E-state index in [0.717, 1.165) is 12.1 Å². The summed E-state index contributed by atoms with van der Waals surface area (Å²) in [5, 5.41) is 3.20. The van der Waals surface area contributed by atoms with E-state index in [0.29, 0.717) is 6.04 Å². The van der Waals surface area contributed by atoms with E-state index < -0.39 is 6.36 Å². The number of ether oxygens (including phenoxy) is 1. The van der Waals surface area contributed by atoms with Crippen molar-refractivity contribution in [2.75, 3.05) is 6.54 Å². The molecule has 0 spiro atoms. The summed E-state index contributed by atoms with van der Waals surface area (Å²) >= 11 is 0. The Hall–Kier alpha value is -1.49. The van der Waals surface area contributed by atoms with Gasteiger partial charge in [0.25, 0.3) is 0 Å². The average Bonchev–Trinajstić information content (AvgIpc) is 2.24. The van der Waals surface area contributed by atoms with Crippen LogP contribution in [-0.2, 0) is 0 Å². The zero-order valence-corrected chi connectivity index (χ0v) is 10.3. The predicted molar refractivity (Wildman–Crippen MR) is 65.3 cm³/mol. The minimum Gasteiger partial charge on any atom is -0.406 e. The zero-order chi connectivity index (χ0) is 13.6. The van der Waals surface area contributed by atoms with Gasteiger partial charge in [0.05, 0.1) is 0 Å². The first-order chi connectivity index (χ1) is 8.37. The third kappa shape index (κ3) is 6.30. The summed E-state index contributed by atoms with van der Waals surface area (Å²) in [5.41, 5.74) is 0.829. The molecule has 0 aromatic heterocycles. The third-order valence-corrected chi connectivity index (χ3v) is 2.07. The van der Waals surface area contributed by atoms with Crippen molar-refractivity contribution < 1.29 is 17.9 Å². The van der Waals surface area contributed by atoms with Gasteiger partial charge in [-0.3, -0.25) is 0 Å².